The highest BCUT2D eigenvalue weighted by atomic mass is 35.5. The number of hydrogen-bond donors (Lipinski definition) is 0. The van der Waals surface area contributed by atoms with Crippen LogP contribution >= 0.6 is 23.2 Å². The van der Waals surface area contributed by atoms with Crippen LogP contribution in [0.4, 0.5) is 4.39 Å². The van der Waals surface area contributed by atoms with Gasteiger partial charge in [0, 0.05) is 11.1 Å². The largest absolute Gasteiger partial charge is 0.497 e. The first kappa shape index (κ1) is 15.5. The fourth-order valence-electron chi connectivity index (χ4n) is 1.83. The van der Waals surface area contributed by atoms with Gasteiger partial charge < -0.3 is 4.74 Å². The Morgan fingerprint density at radius 3 is 2.38 bits per heavy atom. The van der Waals surface area contributed by atoms with Gasteiger partial charge in [0.05, 0.1) is 17.2 Å². The lowest BCUT2D eigenvalue weighted by molar-refractivity contribution is -0.103. The summed E-state index contributed by atoms with van der Waals surface area (Å²) in [5.74, 6) is 0.199. The number of rotatable bonds is 4. The second-order valence-electron chi connectivity index (χ2n) is 4.20. The monoisotopic (exact) mass is 324 g/mol. The van der Waals surface area contributed by atoms with Crippen LogP contribution in [-0.2, 0) is 4.79 Å². The molecule has 2 nitrogen and oxygen atoms in total. The second kappa shape index (κ2) is 6.74. The van der Waals surface area contributed by atoms with E-state index in [9.17, 15) is 9.18 Å². The molecule has 0 bridgehead atoms. The highest BCUT2D eigenvalue weighted by Crippen LogP contribution is 2.33. The number of halogens is 3. The lowest BCUT2D eigenvalue weighted by Gasteiger charge is -2.08. The fourth-order valence-corrected chi connectivity index (χ4v) is 2.46. The van der Waals surface area contributed by atoms with E-state index in [1.54, 1.807) is 31.4 Å². The van der Waals surface area contributed by atoms with Crippen LogP contribution in [0.25, 0.3) is 10.6 Å². The maximum absolute atomic E-state index is 13.1. The summed E-state index contributed by atoms with van der Waals surface area (Å²) in [6.45, 7) is 0. The lowest BCUT2D eigenvalue weighted by Crippen LogP contribution is -1.92. The Labute approximate surface area is 131 Å². The number of benzene rings is 2. The van der Waals surface area contributed by atoms with Crippen LogP contribution in [0.1, 0.15) is 11.1 Å². The van der Waals surface area contributed by atoms with E-state index in [0.717, 1.165) is 6.07 Å². The third-order valence-corrected chi connectivity index (χ3v) is 3.64. The molecule has 0 unspecified atom stereocenters. The maximum atomic E-state index is 13.1. The number of ether oxygens (including phenoxy) is 1. The predicted octanol–water partition coefficient (Wildman–Crippen LogP) is 4.79. The van der Waals surface area contributed by atoms with Crippen molar-refractivity contribution in [1.29, 1.82) is 0 Å². The Morgan fingerprint density at radius 2 is 1.86 bits per heavy atom. The van der Waals surface area contributed by atoms with E-state index in [1.165, 1.54) is 12.1 Å². The molecule has 0 aliphatic carbocycles. The van der Waals surface area contributed by atoms with Crippen molar-refractivity contribution in [3.8, 4) is 5.75 Å². The van der Waals surface area contributed by atoms with Gasteiger partial charge in [-0.1, -0.05) is 35.3 Å². The summed E-state index contributed by atoms with van der Waals surface area (Å²) < 4.78 is 18.1. The van der Waals surface area contributed by atoms with Crippen LogP contribution in [0.15, 0.2) is 42.5 Å². The Morgan fingerprint density at radius 1 is 1.19 bits per heavy atom. The quantitative estimate of drug-likeness (QED) is 0.459. The van der Waals surface area contributed by atoms with E-state index in [0.29, 0.717) is 23.2 Å². The minimum absolute atomic E-state index is 0.146. The maximum Gasteiger partial charge on any atom is 0.152 e. The molecule has 0 radical (unpaired) electrons. The summed E-state index contributed by atoms with van der Waals surface area (Å²) in [6.07, 6.45) is 0.643. The molecule has 0 heterocycles. The number of carbonyl (C=O) groups excluding carboxylic acids is 1. The molecule has 0 spiro atoms. The van der Waals surface area contributed by atoms with Crippen molar-refractivity contribution in [2.75, 3.05) is 7.11 Å². The molecular weight excluding hydrogens is 314 g/mol. The zero-order valence-electron chi connectivity index (χ0n) is 11.1. The average molecular weight is 325 g/mol. The van der Waals surface area contributed by atoms with Gasteiger partial charge in [-0.05, 0) is 35.9 Å². The Kier molecular flexibility index (Phi) is 4.99. The van der Waals surface area contributed by atoms with Crippen molar-refractivity contribution in [2.45, 2.75) is 0 Å². The van der Waals surface area contributed by atoms with E-state index in [4.69, 9.17) is 27.9 Å². The van der Waals surface area contributed by atoms with E-state index in [2.05, 4.69) is 0 Å². The molecule has 0 aromatic heterocycles. The van der Waals surface area contributed by atoms with Crippen LogP contribution in [0, 0.1) is 5.82 Å². The third-order valence-electron chi connectivity index (χ3n) is 2.92. The molecule has 0 aliphatic heterocycles. The number of methoxy groups -OCH3 is 1. The molecule has 2 rings (SSSR count). The summed E-state index contributed by atoms with van der Waals surface area (Å²) in [6, 6.07) is 10.7. The van der Waals surface area contributed by atoms with Crippen molar-refractivity contribution in [3.05, 3.63) is 64.4 Å². The fraction of sp³-hybridized carbons (Fsp3) is 0.0625. The topological polar surface area (TPSA) is 26.3 Å². The Bertz CT molecular complexity index is 694. The van der Waals surface area contributed by atoms with Crippen molar-refractivity contribution >= 4 is 40.1 Å². The number of hydrogen-bond acceptors (Lipinski definition) is 2. The second-order valence-corrected chi connectivity index (χ2v) is 4.98. The molecule has 0 N–H and O–H groups in total. The highest BCUT2D eigenvalue weighted by molar-refractivity contribution is 6.57. The first-order valence-electron chi connectivity index (χ1n) is 6.01. The van der Waals surface area contributed by atoms with Gasteiger partial charge in [-0.25, -0.2) is 4.39 Å². The summed E-state index contributed by atoms with van der Waals surface area (Å²) in [4.78, 5) is 11.4. The molecule has 2 aromatic carbocycles. The molecular formula is C16H11Cl2FO2. The van der Waals surface area contributed by atoms with Gasteiger partial charge in [0.25, 0.3) is 0 Å². The SMILES string of the molecule is COc1ccc(C(C=O)=C(Cl)c2ccc(F)cc2Cl)cc1. The molecule has 0 saturated carbocycles. The van der Waals surface area contributed by atoms with Gasteiger partial charge in [0.15, 0.2) is 6.29 Å². The summed E-state index contributed by atoms with van der Waals surface area (Å²) in [7, 11) is 1.55. The average Bonchev–Trinajstić information content (AvgIpc) is 2.48. The standard InChI is InChI=1S/C16H11Cl2FO2/c1-21-12-5-2-10(3-6-12)14(9-20)16(18)13-7-4-11(19)8-15(13)17/h2-9H,1H3. The molecule has 108 valence electrons. The van der Waals surface area contributed by atoms with Gasteiger partial charge in [0.2, 0.25) is 0 Å². The first-order chi connectivity index (χ1) is 10.1. The lowest BCUT2D eigenvalue weighted by atomic mass is 10.0. The van der Waals surface area contributed by atoms with Crippen LogP contribution in [0.2, 0.25) is 5.02 Å². The van der Waals surface area contributed by atoms with Gasteiger partial charge >= 0.3 is 0 Å². The smallest absolute Gasteiger partial charge is 0.152 e. The van der Waals surface area contributed by atoms with Gasteiger partial charge in [-0.2, -0.15) is 0 Å². The summed E-state index contributed by atoms with van der Waals surface area (Å²) >= 11 is 12.2. The van der Waals surface area contributed by atoms with Crippen molar-refractivity contribution in [3.63, 3.8) is 0 Å². The minimum atomic E-state index is -0.467. The summed E-state index contributed by atoms with van der Waals surface area (Å²) in [5.41, 5.74) is 1.29. The molecule has 0 fully saturated rings. The van der Waals surface area contributed by atoms with Crippen LogP contribution in [0.5, 0.6) is 5.75 Å². The van der Waals surface area contributed by atoms with Crippen LogP contribution in [-0.4, -0.2) is 13.4 Å². The van der Waals surface area contributed by atoms with Crippen molar-refractivity contribution in [2.24, 2.45) is 0 Å². The molecule has 0 aliphatic rings. The first-order valence-corrected chi connectivity index (χ1v) is 6.77. The van der Waals surface area contributed by atoms with Crippen LogP contribution < -0.4 is 4.74 Å². The predicted molar refractivity (Wildman–Crippen MR) is 83.1 cm³/mol. The number of carbonyl (C=O) groups is 1. The molecule has 5 heteroatoms. The number of allylic oxidation sites excluding steroid dienone is 1. The Hall–Kier alpha value is -1.84. The van der Waals surface area contributed by atoms with Crippen molar-refractivity contribution < 1.29 is 13.9 Å². The van der Waals surface area contributed by atoms with E-state index in [1.807, 2.05) is 0 Å². The van der Waals surface area contributed by atoms with E-state index >= 15 is 0 Å². The third kappa shape index (κ3) is 3.43. The van der Waals surface area contributed by atoms with Gasteiger partial charge in [-0.15, -0.1) is 0 Å². The molecule has 21 heavy (non-hydrogen) atoms. The zero-order valence-corrected chi connectivity index (χ0v) is 12.6. The molecule has 2 aromatic rings. The zero-order chi connectivity index (χ0) is 15.4. The van der Waals surface area contributed by atoms with Crippen molar-refractivity contribution in [1.82, 2.24) is 0 Å². The minimum Gasteiger partial charge on any atom is -0.497 e. The van der Waals surface area contributed by atoms with Gasteiger partial charge in [-0.3, -0.25) is 4.79 Å². The highest BCUT2D eigenvalue weighted by Gasteiger charge is 2.13. The normalized spacial score (nSPS) is 11.8. The molecule has 0 atom stereocenters. The van der Waals surface area contributed by atoms with E-state index < -0.39 is 5.82 Å². The Balaban J connectivity index is 2.52. The summed E-state index contributed by atoms with van der Waals surface area (Å²) in [5, 5.41) is 0.313. The van der Waals surface area contributed by atoms with Crippen LogP contribution in [0.3, 0.4) is 0 Å². The number of aldehydes is 1. The van der Waals surface area contributed by atoms with Gasteiger partial charge in [0.1, 0.15) is 11.6 Å². The molecule has 0 amide bonds. The van der Waals surface area contributed by atoms with E-state index in [-0.39, 0.29) is 15.6 Å². The molecule has 0 saturated heterocycles.